The summed E-state index contributed by atoms with van der Waals surface area (Å²) in [5.41, 5.74) is 3.52. The van der Waals surface area contributed by atoms with Crippen molar-refractivity contribution in [1.29, 1.82) is 0 Å². The van der Waals surface area contributed by atoms with Crippen molar-refractivity contribution in [3.8, 4) is 0 Å². The van der Waals surface area contributed by atoms with Gasteiger partial charge in [0, 0.05) is 0 Å². The van der Waals surface area contributed by atoms with Crippen LogP contribution in [-0.2, 0) is 11.3 Å². The molecule has 0 aliphatic rings. The average molecular weight is 282 g/mol. The van der Waals surface area contributed by atoms with Crippen LogP contribution in [0, 0.1) is 0 Å². The predicted molar refractivity (Wildman–Crippen MR) is 83.7 cm³/mol. The second kappa shape index (κ2) is 7.41. The van der Waals surface area contributed by atoms with Crippen LogP contribution in [0.25, 0.3) is 12.2 Å². The normalized spacial score (nSPS) is 10.8. The highest BCUT2D eigenvalue weighted by atomic mass is 16.5. The maximum Gasteiger partial charge on any atom is 0.338 e. The van der Waals surface area contributed by atoms with Crippen LogP contribution in [-0.4, -0.2) is 17.7 Å². The first kappa shape index (κ1) is 15.0. The molecule has 0 bridgehead atoms. The van der Waals surface area contributed by atoms with Crippen LogP contribution in [0.2, 0.25) is 0 Å². The summed E-state index contributed by atoms with van der Waals surface area (Å²) in [5.74, 6) is -0.298. The molecule has 0 spiro atoms. The number of carbonyl (C=O) groups excluding carboxylic acids is 1. The molecule has 0 amide bonds. The minimum Gasteiger partial charge on any atom is -0.462 e. The topological polar surface area (TPSA) is 46.5 Å². The van der Waals surface area contributed by atoms with Crippen LogP contribution in [0.4, 0.5) is 0 Å². The molecule has 21 heavy (non-hydrogen) atoms. The predicted octanol–water partition coefficient (Wildman–Crippen LogP) is 3.53. The Morgan fingerprint density at radius 3 is 2.00 bits per heavy atom. The van der Waals surface area contributed by atoms with Crippen molar-refractivity contribution in [2.45, 2.75) is 13.5 Å². The third-order valence-electron chi connectivity index (χ3n) is 3.05. The van der Waals surface area contributed by atoms with Crippen molar-refractivity contribution < 1.29 is 14.6 Å². The van der Waals surface area contributed by atoms with Gasteiger partial charge in [0.1, 0.15) is 0 Å². The van der Waals surface area contributed by atoms with E-state index in [1.807, 2.05) is 48.6 Å². The van der Waals surface area contributed by atoms with Gasteiger partial charge in [-0.3, -0.25) is 0 Å². The number of hydrogen-bond donors (Lipinski definition) is 1. The number of rotatable bonds is 5. The zero-order valence-electron chi connectivity index (χ0n) is 12.0. The third kappa shape index (κ3) is 4.29. The molecule has 0 heterocycles. The maximum atomic E-state index is 11.5. The largest absolute Gasteiger partial charge is 0.462 e. The lowest BCUT2D eigenvalue weighted by Crippen LogP contribution is -2.03. The third-order valence-corrected chi connectivity index (χ3v) is 3.05. The Hall–Kier alpha value is -2.39. The SMILES string of the molecule is CCOC(=O)c1ccc(/C=C\c2ccc(CO)cc2)cc1. The van der Waals surface area contributed by atoms with E-state index in [0.717, 1.165) is 16.7 Å². The van der Waals surface area contributed by atoms with Gasteiger partial charge in [-0.1, -0.05) is 48.6 Å². The standard InChI is InChI=1S/C18H18O3/c1-2-21-18(20)17-11-9-15(10-12-17)4-3-14-5-7-16(13-19)8-6-14/h3-12,19H,2,13H2,1H3/b4-3-. The number of esters is 1. The Morgan fingerprint density at radius 1 is 1.00 bits per heavy atom. The number of hydrogen-bond acceptors (Lipinski definition) is 3. The summed E-state index contributed by atoms with van der Waals surface area (Å²) in [5, 5.41) is 8.99. The number of aliphatic hydroxyl groups is 1. The molecule has 2 rings (SSSR count). The van der Waals surface area contributed by atoms with Crippen LogP contribution in [0.15, 0.2) is 48.5 Å². The minimum atomic E-state index is -0.298. The first-order chi connectivity index (χ1) is 10.2. The minimum absolute atomic E-state index is 0.0549. The second-order valence-electron chi connectivity index (χ2n) is 4.58. The average Bonchev–Trinajstić information content (AvgIpc) is 2.54. The van der Waals surface area contributed by atoms with Gasteiger partial charge in [-0.2, -0.15) is 0 Å². The van der Waals surface area contributed by atoms with E-state index in [-0.39, 0.29) is 12.6 Å². The highest BCUT2D eigenvalue weighted by Gasteiger charge is 2.04. The lowest BCUT2D eigenvalue weighted by molar-refractivity contribution is 0.0526. The van der Waals surface area contributed by atoms with Gasteiger partial charge in [-0.05, 0) is 35.7 Å². The zero-order valence-corrected chi connectivity index (χ0v) is 12.0. The van der Waals surface area contributed by atoms with Crippen molar-refractivity contribution in [2.75, 3.05) is 6.61 Å². The molecule has 0 aliphatic heterocycles. The van der Waals surface area contributed by atoms with E-state index in [1.165, 1.54) is 0 Å². The molecule has 0 unspecified atom stereocenters. The van der Waals surface area contributed by atoms with Gasteiger partial charge in [0.25, 0.3) is 0 Å². The summed E-state index contributed by atoms with van der Waals surface area (Å²) in [6.07, 6.45) is 3.96. The fourth-order valence-electron chi connectivity index (χ4n) is 1.87. The molecule has 3 nitrogen and oxygen atoms in total. The summed E-state index contributed by atoms with van der Waals surface area (Å²) >= 11 is 0. The quantitative estimate of drug-likeness (QED) is 0.674. The molecule has 0 aliphatic carbocycles. The van der Waals surface area contributed by atoms with Gasteiger partial charge in [-0.25, -0.2) is 4.79 Å². The molecule has 2 aromatic rings. The Morgan fingerprint density at radius 2 is 1.52 bits per heavy atom. The van der Waals surface area contributed by atoms with E-state index in [4.69, 9.17) is 9.84 Å². The Kier molecular flexibility index (Phi) is 5.29. The first-order valence-corrected chi connectivity index (χ1v) is 6.88. The number of ether oxygens (including phenoxy) is 1. The van der Waals surface area contributed by atoms with E-state index in [0.29, 0.717) is 12.2 Å². The Balaban J connectivity index is 2.05. The van der Waals surface area contributed by atoms with Crippen LogP contribution in [0.3, 0.4) is 0 Å². The highest BCUT2D eigenvalue weighted by Crippen LogP contribution is 2.11. The molecule has 0 saturated carbocycles. The lowest BCUT2D eigenvalue weighted by atomic mass is 10.1. The van der Waals surface area contributed by atoms with E-state index in [1.54, 1.807) is 19.1 Å². The number of carbonyl (C=O) groups is 1. The number of aliphatic hydroxyl groups excluding tert-OH is 1. The maximum absolute atomic E-state index is 11.5. The molecule has 0 atom stereocenters. The van der Waals surface area contributed by atoms with Gasteiger partial charge in [0.15, 0.2) is 0 Å². The van der Waals surface area contributed by atoms with Crippen molar-refractivity contribution in [3.63, 3.8) is 0 Å². The van der Waals surface area contributed by atoms with Crippen molar-refractivity contribution in [1.82, 2.24) is 0 Å². The van der Waals surface area contributed by atoms with Gasteiger partial charge in [-0.15, -0.1) is 0 Å². The molecule has 2 aromatic carbocycles. The molecule has 0 radical (unpaired) electrons. The Bertz CT molecular complexity index is 610. The summed E-state index contributed by atoms with van der Waals surface area (Å²) in [4.78, 5) is 11.5. The first-order valence-electron chi connectivity index (χ1n) is 6.88. The lowest BCUT2D eigenvalue weighted by Gasteiger charge is -2.02. The smallest absolute Gasteiger partial charge is 0.338 e. The van der Waals surface area contributed by atoms with Crippen LogP contribution in [0.5, 0.6) is 0 Å². The molecule has 0 aromatic heterocycles. The van der Waals surface area contributed by atoms with Crippen LogP contribution in [0.1, 0.15) is 34.0 Å². The van der Waals surface area contributed by atoms with Crippen molar-refractivity contribution in [2.24, 2.45) is 0 Å². The molecule has 0 saturated heterocycles. The molecular weight excluding hydrogens is 264 g/mol. The van der Waals surface area contributed by atoms with Gasteiger partial charge >= 0.3 is 5.97 Å². The van der Waals surface area contributed by atoms with Crippen molar-refractivity contribution >= 4 is 18.1 Å². The summed E-state index contributed by atoms with van der Waals surface area (Å²) in [7, 11) is 0. The van der Waals surface area contributed by atoms with E-state index >= 15 is 0 Å². The zero-order chi connectivity index (χ0) is 15.1. The summed E-state index contributed by atoms with van der Waals surface area (Å²) in [6.45, 7) is 2.22. The van der Waals surface area contributed by atoms with Gasteiger partial charge < -0.3 is 9.84 Å². The fraction of sp³-hybridized carbons (Fsp3) is 0.167. The molecule has 0 fully saturated rings. The molecule has 108 valence electrons. The summed E-state index contributed by atoms with van der Waals surface area (Å²) < 4.78 is 4.94. The fourth-order valence-corrected chi connectivity index (χ4v) is 1.87. The van der Waals surface area contributed by atoms with Crippen LogP contribution < -0.4 is 0 Å². The molecule has 1 N–H and O–H groups in total. The Labute approximate surface area is 124 Å². The monoisotopic (exact) mass is 282 g/mol. The molecular formula is C18H18O3. The van der Waals surface area contributed by atoms with Crippen LogP contribution >= 0.6 is 0 Å². The molecule has 3 heteroatoms. The summed E-state index contributed by atoms with van der Waals surface area (Å²) in [6, 6.07) is 15.0. The van der Waals surface area contributed by atoms with E-state index in [2.05, 4.69) is 0 Å². The second-order valence-corrected chi connectivity index (χ2v) is 4.58. The van der Waals surface area contributed by atoms with Crippen molar-refractivity contribution in [3.05, 3.63) is 70.8 Å². The van der Waals surface area contributed by atoms with Gasteiger partial charge in [0.2, 0.25) is 0 Å². The van der Waals surface area contributed by atoms with E-state index < -0.39 is 0 Å². The number of benzene rings is 2. The highest BCUT2D eigenvalue weighted by molar-refractivity contribution is 5.89. The van der Waals surface area contributed by atoms with E-state index in [9.17, 15) is 4.79 Å². The van der Waals surface area contributed by atoms with Gasteiger partial charge in [0.05, 0.1) is 18.8 Å².